The summed E-state index contributed by atoms with van der Waals surface area (Å²) < 4.78 is 6.38. The lowest BCUT2D eigenvalue weighted by molar-refractivity contribution is -0.143. The third kappa shape index (κ3) is 4.53. The Morgan fingerprint density at radius 3 is 2.50 bits per heavy atom. The van der Waals surface area contributed by atoms with Crippen LogP contribution >= 0.6 is 0 Å². The van der Waals surface area contributed by atoms with Gasteiger partial charge in [0.1, 0.15) is 11.6 Å². The molecule has 0 aromatic heterocycles. The van der Waals surface area contributed by atoms with Crippen molar-refractivity contribution in [2.24, 2.45) is 17.3 Å². The van der Waals surface area contributed by atoms with E-state index < -0.39 is 29.0 Å². The summed E-state index contributed by atoms with van der Waals surface area (Å²) in [6.45, 7) is 13.1. The fourth-order valence-electron chi connectivity index (χ4n) is 6.37. The minimum Gasteiger partial charge on any atom is -0.396 e. The van der Waals surface area contributed by atoms with Crippen molar-refractivity contribution in [2.75, 3.05) is 19.7 Å². The largest absolute Gasteiger partial charge is 0.396 e. The summed E-state index contributed by atoms with van der Waals surface area (Å²) in [5, 5.41) is 15.5. The van der Waals surface area contributed by atoms with Crippen LogP contribution in [-0.4, -0.2) is 70.7 Å². The van der Waals surface area contributed by atoms with Crippen LogP contribution in [0.3, 0.4) is 0 Å². The molecule has 3 aliphatic heterocycles. The van der Waals surface area contributed by atoms with E-state index in [9.17, 15) is 19.5 Å². The molecule has 182 valence electrons. The van der Waals surface area contributed by atoms with Gasteiger partial charge in [0, 0.05) is 25.2 Å². The lowest BCUT2D eigenvalue weighted by Crippen LogP contribution is -2.59. The van der Waals surface area contributed by atoms with E-state index in [1.807, 2.05) is 20.8 Å². The van der Waals surface area contributed by atoms with E-state index in [0.29, 0.717) is 25.8 Å². The number of nitrogens with one attached hydrogen (secondary N) is 2. The number of likely N-dealkylation sites (tertiary alicyclic amines) is 1. The maximum atomic E-state index is 13.7. The van der Waals surface area contributed by atoms with Crippen molar-refractivity contribution in [3.05, 3.63) is 0 Å². The highest BCUT2D eigenvalue weighted by Crippen LogP contribution is 2.58. The van der Waals surface area contributed by atoms with Gasteiger partial charge in [-0.2, -0.15) is 0 Å². The van der Waals surface area contributed by atoms with Crippen molar-refractivity contribution < 1.29 is 24.2 Å². The Labute approximate surface area is 191 Å². The smallest absolute Gasteiger partial charge is 0.246 e. The molecule has 8 heteroatoms. The predicted molar refractivity (Wildman–Crippen MR) is 121 cm³/mol. The molecular weight excluding hydrogens is 410 g/mol. The number of aliphatic hydroxyl groups is 1. The number of carbonyl (C=O) groups excluding carboxylic acids is 3. The topological polar surface area (TPSA) is 108 Å². The summed E-state index contributed by atoms with van der Waals surface area (Å²) in [5.41, 5.74) is -1.43. The van der Waals surface area contributed by atoms with Crippen LogP contribution in [0.2, 0.25) is 0 Å². The average Bonchev–Trinajstić information content (AvgIpc) is 3.29. The summed E-state index contributed by atoms with van der Waals surface area (Å²) in [6.07, 6.45) is 2.86. The van der Waals surface area contributed by atoms with Gasteiger partial charge in [-0.05, 0) is 51.4 Å². The van der Waals surface area contributed by atoms with Gasteiger partial charge in [0.2, 0.25) is 17.7 Å². The van der Waals surface area contributed by atoms with Crippen molar-refractivity contribution >= 4 is 17.7 Å². The fraction of sp³-hybridized carbons (Fsp3) is 0.875. The highest BCUT2D eigenvalue weighted by atomic mass is 16.5. The highest BCUT2D eigenvalue weighted by molar-refractivity contribution is 5.99. The third-order valence-electron chi connectivity index (χ3n) is 6.89. The molecule has 3 amide bonds. The molecule has 3 N–H and O–H groups in total. The molecule has 0 radical (unpaired) electrons. The molecular formula is C24H41N3O5. The first-order chi connectivity index (χ1) is 14.9. The second-order valence-corrected chi connectivity index (χ2v) is 11.6. The lowest BCUT2D eigenvalue weighted by Gasteiger charge is -2.38. The molecule has 0 aromatic carbocycles. The number of fused-ring (bicyclic) bond motifs is 1. The maximum absolute atomic E-state index is 13.7. The van der Waals surface area contributed by atoms with Crippen LogP contribution < -0.4 is 10.6 Å². The van der Waals surface area contributed by atoms with Crippen LogP contribution in [0.1, 0.15) is 73.6 Å². The summed E-state index contributed by atoms with van der Waals surface area (Å²) >= 11 is 0. The van der Waals surface area contributed by atoms with Crippen LogP contribution in [0.15, 0.2) is 0 Å². The SMILES string of the molecule is CCCNC(=O)[C@@H]1[C@H]2C(=O)N(CCCO)C(C(=O)NC(C)(C)CC(C)(C)C)C23CC[C@H]1O3. The maximum Gasteiger partial charge on any atom is 0.246 e. The Hall–Kier alpha value is -1.67. The van der Waals surface area contributed by atoms with Crippen molar-refractivity contribution in [2.45, 2.75) is 96.9 Å². The van der Waals surface area contributed by atoms with Gasteiger partial charge in [-0.15, -0.1) is 0 Å². The molecule has 2 bridgehead atoms. The first-order valence-electron chi connectivity index (χ1n) is 12.1. The normalized spacial score (nSPS) is 31.7. The van der Waals surface area contributed by atoms with Crippen LogP contribution in [-0.2, 0) is 19.1 Å². The van der Waals surface area contributed by atoms with Gasteiger partial charge in [0.05, 0.1) is 17.9 Å². The quantitative estimate of drug-likeness (QED) is 0.494. The van der Waals surface area contributed by atoms with Gasteiger partial charge in [0.15, 0.2) is 0 Å². The van der Waals surface area contributed by atoms with Crippen LogP contribution in [0.25, 0.3) is 0 Å². The second kappa shape index (κ2) is 8.93. The molecule has 1 spiro atoms. The number of rotatable bonds is 9. The van der Waals surface area contributed by atoms with E-state index in [-0.39, 0.29) is 42.4 Å². The van der Waals surface area contributed by atoms with Crippen LogP contribution in [0.4, 0.5) is 0 Å². The molecule has 0 aliphatic carbocycles. The van der Waals surface area contributed by atoms with E-state index in [0.717, 1.165) is 12.8 Å². The summed E-state index contributed by atoms with van der Waals surface area (Å²) in [5.74, 6) is -1.82. The van der Waals surface area contributed by atoms with Crippen LogP contribution in [0, 0.1) is 17.3 Å². The van der Waals surface area contributed by atoms with E-state index in [1.165, 1.54) is 0 Å². The Kier molecular flexibility index (Phi) is 6.97. The number of hydrogen-bond acceptors (Lipinski definition) is 5. The predicted octanol–water partition coefficient (Wildman–Crippen LogP) is 1.60. The number of nitrogens with zero attached hydrogens (tertiary/aromatic N) is 1. The summed E-state index contributed by atoms with van der Waals surface area (Å²) in [7, 11) is 0. The number of amides is 3. The molecule has 5 atom stereocenters. The molecule has 3 rings (SSSR count). The number of aliphatic hydroxyl groups excluding tert-OH is 1. The van der Waals surface area contributed by atoms with Gasteiger partial charge in [-0.25, -0.2) is 0 Å². The van der Waals surface area contributed by atoms with Gasteiger partial charge >= 0.3 is 0 Å². The zero-order valence-corrected chi connectivity index (χ0v) is 20.5. The highest BCUT2D eigenvalue weighted by Gasteiger charge is 2.74. The van der Waals surface area contributed by atoms with Gasteiger partial charge in [-0.3, -0.25) is 14.4 Å². The first-order valence-corrected chi connectivity index (χ1v) is 12.1. The number of carbonyl (C=O) groups is 3. The van der Waals surface area contributed by atoms with Crippen molar-refractivity contribution in [1.29, 1.82) is 0 Å². The molecule has 2 unspecified atom stereocenters. The monoisotopic (exact) mass is 451 g/mol. The number of ether oxygens (including phenoxy) is 1. The molecule has 3 saturated heterocycles. The Morgan fingerprint density at radius 1 is 1.22 bits per heavy atom. The molecule has 0 aromatic rings. The van der Waals surface area contributed by atoms with Crippen molar-refractivity contribution in [3.8, 4) is 0 Å². The summed E-state index contributed by atoms with van der Waals surface area (Å²) in [4.78, 5) is 41.8. The Balaban J connectivity index is 1.91. The van der Waals surface area contributed by atoms with E-state index in [2.05, 4.69) is 31.4 Å². The molecule has 3 fully saturated rings. The van der Waals surface area contributed by atoms with Gasteiger partial charge in [0.25, 0.3) is 0 Å². The fourth-order valence-corrected chi connectivity index (χ4v) is 6.37. The number of hydrogen-bond donors (Lipinski definition) is 3. The molecule has 8 nitrogen and oxygen atoms in total. The Bertz CT molecular complexity index is 746. The van der Waals surface area contributed by atoms with Crippen molar-refractivity contribution in [1.82, 2.24) is 15.5 Å². The third-order valence-corrected chi connectivity index (χ3v) is 6.89. The zero-order valence-electron chi connectivity index (χ0n) is 20.5. The Morgan fingerprint density at radius 2 is 1.91 bits per heavy atom. The minimum atomic E-state index is -0.979. The second-order valence-electron chi connectivity index (χ2n) is 11.6. The van der Waals surface area contributed by atoms with Gasteiger partial charge < -0.3 is 25.4 Å². The van der Waals surface area contributed by atoms with E-state index in [1.54, 1.807) is 4.90 Å². The van der Waals surface area contributed by atoms with Crippen LogP contribution in [0.5, 0.6) is 0 Å². The first kappa shape index (κ1) is 25.0. The molecule has 0 saturated carbocycles. The summed E-state index contributed by atoms with van der Waals surface area (Å²) in [6, 6.07) is -0.792. The molecule has 3 aliphatic rings. The average molecular weight is 452 g/mol. The molecule has 3 heterocycles. The lowest BCUT2D eigenvalue weighted by atomic mass is 9.70. The van der Waals surface area contributed by atoms with E-state index >= 15 is 0 Å². The zero-order chi connectivity index (χ0) is 23.9. The minimum absolute atomic E-state index is 0.0183. The van der Waals surface area contributed by atoms with Crippen molar-refractivity contribution in [3.63, 3.8) is 0 Å². The standard InChI is InChI=1S/C24H41N3O5/c1-7-11-25-19(29)16-15-9-10-24(32-15)17(16)21(31)27(12-8-13-28)18(24)20(30)26-23(5,6)14-22(2,3)4/h15-18,28H,7-14H2,1-6H3,(H,25,29)(H,26,30)/t15-,16+,17+,18?,24?/m1/s1. The van der Waals surface area contributed by atoms with Gasteiger partial charge in [-0.1, -0.05) is 27.7 Å². The molecule has 32 heavy (non-hydrogen) atoms. The van der Waals surface area contributed by atoms with E-state index in [4.69, 9.17) is 4.74 Å².